The van der Waals surface area contributed by atoms with Gasteiger partial charge in [-0.1, -0.05) is 63.1 Å². The van der Waals surface area contributed by atoms with Gasteiger partial charge in [0.1, 0.15) is 0 Å². The third-order valence-corrected chi connectivity index (χ3v) is 3.95. The fourth-order valence-corrected chi connectivity index (χ4v) is 2.75. The molecule has 0 saturated carbocycles. The van der Waals surface area contributed by atoms with E-state index >= 15 is 0 Å². The molecule has 0 saturated heterocycles. The predicted octanol–water partition coefficient (Wildman–Crippen LogP) is 5.31. The van der Waals surface area contributed by atoms with Crippen LogP contribution in [0.25, 0.3) is 0 Å². The van der Waals surface area contributed by atoms with Crippen LogP contribution in [-0.4, -0.2) is 11.5 Å². The highest BCUT2D eigenvalue weighted by Gasteiger charge is 2.05. The number of hydrogen-bond donors (Lipinski definition) is 1. The number of carbonyl (C=O) groups is 1. The number of rotatable bonds is 10. The standard InChI is InChI=1S/C16H25NOS/c1-3-4-5-6-7-10-13-19-17-16-12-9-8-11-15(16)14(2)18/h8-9,11-12,17H,3-7,10,13H2,1-2H3. The van der Waals surface area contributed by atoms with Gasteiger partial charge in [0, 0.05) is 11.3 Å². The first-order valence-electron chi connectivity index (χ1n) is 7.23. The molecule has 0 heterocycles. The molecule has 0 aliphatic carbocycles. The van der Waals surface area contributed by atoms with Crippen LogP contribution in [0, 0.1) is 0 Å². The van der Waals surface area contributed by atoms with Gasteiger partial charge in [-0.05, 0) is 25.5 Å². The molecule has 106 valence electrons. The van der Waals surface area contributed by atoms with Crippen molar-refractivity contribution in [3.8, 4) is 0 Å². The van der Waals surface area contributed by atoms with Crippen LogP contribution < -0.4 is 4.72 Å². The zero-order valence-electron chi connectivity index (χ0n) is 12.1. The van der Waals surface area contributed by atoms with Gasteiger partial charge < -0.3 is 4.72 Å². The predicted molar refractivity (Wildman–Crippen MR) is 85.9 cm³/mol. The molecule has 0 aliphatic heterocycles. The number of unbranched alkanes of at least 4 members (excludes halogenated alkanes) is 5. The average Bonchev–Trinajstić information content (AvgIpc) is 2.42. The van der Waals surface area contributed by atoms with E-state index in [1.54, 1.807) is 18.9 Å². The third kappa shape index (κ3) is 6.67. The highest BCUT2D eigenvalue weighted by atomic mass is 32.2. The van der Waals surface area contributed by atoms with E-state index in [0.717, 1.165) is 17.0 Å². The summed E-state index contributed by atoms with van der Waals surface area (Å²) >= 11 is 1.70. The van der Waals surface area contributed by atoms with Crippen molar-refractivity contribution in [1.82, 2.24) is 0 Å². The van der Waals surface area contributed by atoms with Crippen molar-refractivity contribution in [2.45, 2.75) is 52.4 Å². The minimum Gasteiger partial charge on any atom is -0.329 e. The summed E-state index contributed by atoms with van der Waals surface area (Å²) in [6, 6.07) is 7.70. The molecule has 19 heavy (non-hydrogen) atoms. The number of benzene rings is 1. The molecular formula is C16H25NOS. The number of nitrogens with one attached hydrogen (secondary N) is 1. The lowest BCUT2D eigenvalue weighted by molar-refractivity contribution is 0.101. The van der Waals surface area contributed by atoms with E-state index in [4.69, 9.17) is 0 Å². The van der Waals surface area contributed by atoms with Gasteiger partial charge in [0.15, 0.2) is 5.78 Å². The molecule has 1 aromatic rings. The van der Waals surface area contributed by atoms with Crippen LogP contribution in [0.5, 0.6) is 0 Å². The average molecular weight is 279 g/mol. The lowest BCUT2D eigenvalue weighted by atomic mass is 10.1. The molecule has 0 aromatic heterocycles. The molecule has 0 unspecified atom stereocenters. The quantitative estimate of drug-likeness (QED) is 0.357. The van der Waals surface area contributed by atoms with Crippen LogP contribution in [-0.2, 0) is 0 Å². The van der Waals surface area contributed by atoms with Crippen molar-refractivity contribution in [3.05, 3.63) is 29.8 Å². The van der Waals surface area contributed by atoms with E-state index in [9.17, 15) is 4.79 Å². The van der Waals surface area contributed by atoms with E-state index in [-0.39, 0.29) is 5.78 Å². The Morgan fingerprint density at radius 1 is 1.11 bits per heavy atom. The van der Waals surface area contributed by atoms with Crippen LogP contribution >= 0.6 is 11.9 Å². The molecule has 0 atom stereocenters. The first-order valence-corrected chi connectivity index (χ1v) is 8.22. The van der Waals surface area contributed by atoms with E-state index in [2.05, 4.69) is 11.6 Å². The van der Waals surface area contributed by atoms with Gasteiger partial charge in [0.05, 0.1) is 5.69 Å². The number of para-hydroxylation sites is 1. The normalized spacial score (nSPS) is 10.4. The van der Waals surface area contributed by atoms with Crippen molar-refractivity contribution in [2.75, 3.05) is 10.5 Å². The van der Waals surface area contributed by atoms with Crippen molar-refractivity contribution in [1.29, 1.82) is 0 Å². The summed E-state index contributed by atoms with van der Waals surface area (Å²) in [6.45, 7) is 3.85. The molecule has 0 radical (unpaired) electrons. The van der Waals surface area contributed by atoms with Gasteiger partial charge in [0.2, 0.25) is 0 Å². The van der Waals surface area contributed by atoms with E-state index in [1.165, 1.54) is 38.5 Å². The zero-order valence-corrected chi connectivity index (χ0v) is 12.9. The molecule has 0 bridgehead atoms. The molecule has 3 heteroatoms. The fraction of sp³-hybridized carbons (Fsp3) is 0.562. The van der Waals surface area contributed by atoms with Crippen molar-refractivity contribution in [3.63, 3.8) is 0 Å². The number of Topliss-reactive ketones (excluding diaryl/α,β-unsaturated/α-hetero) is 1. The lowest BCUT2D eigenvalue weighted by Crippen LogP contribution is -1.99. The number of ketones is 1. The first kappa shape index (κ1) is 16.1. The summed E-state index contributed by atoms with van der Waals surface area (Å²) in [4.78, 5) is 11.5. The summed E-state index contributed by atoms with van der Waals surface area (Å²) < 4.78 is 3.29. The van der Waals surface area contributed by atoms with Crippen LogP contribution in [0.3, 0.4) is 0 Å². The minimum atomic E-state index is 0.114. The Morgan fingerprint density at radius 2 is 1.79 bits per heavy atom. The van der Waals surface area contributed by atoms with Crippen LogP contribution in [0.4, 0.5) is 5.69 Å². The highest BCUT2D eigenvalue weighted by Crippen LogP contribution is 2.20. The second-order valence-corrected chi connectivity index (χ2v) is 5.72. The Balaban J connectivity index is 2.17. The topological polar surface area (TPSA) is 29.1 Å². The third-order valence-electron chi connectivity index (χ3n) is 3.09. The monoisotopic (exact) mass is 279 g/mol. The Morgan fingerprint density at radius 3 is 2.53 bits per heavy atom. The molecule has 0 aliphatic rings. The summed E-state index contributed by atoms with van der Waals surface area (Å²) in [5, 5.41) is 0. The molecule has 0 fully saturated rings. The SMILES string of the molecule is CCCCCCCCSNc1ccccc1C(C)=O. The van der Waals surface area contributed by atoms with Crippen LogP contribution in [0.1, 0.15) is 62.7 Å². The van der Waals surface area contributed by atoms with Gasteiger partial charge in [-0.3, -0.25) is 4.79 Å². The Bertz CT molecular complexity index is 379. The van der Waals surface area contributed by atoms with Gasteiger partial charge in [0.25, 0.3) is 0 Å². The molecule has 1 aromatic carbocycles. The second-order valence-electron chi connectivity index (χ2n) is 4.82. The first-order chi connectivity index (χ1) is 9.25. The van der Waals surface area contributed by atoms with Gasteiger partial charge >= 0.3 is 0 Å². The Hall–Kier alpha value is -0.960. The highest BCUT2D eigenvalue weighted by molar-refractivity contribution is 8.00. The van der Waals surface area contributed by atoms with E-state index in [1.807, 2.05) is 24.3 Å². The second kappa shape index (κ2) is 9.90. The number of hydrogen-bond acceptors (Lipinski definition) is 3. The van der Waals surface area contributed by atoms with Crippen LogP contribution in [0.15, 0.2) is 24.3 Å². The molecular weight excluding hydrogens is 254 g/mol. The summed E-state index contributed by atoms with van der Waals surface area (Å²) in [7, 11) is 0. The van der Waals surface area contributed by atoms with Gasteiger partial charge in [-0.15, -0.1) is 0 Å². The zero-order chi connectivity index (χ0) is 13.9. The molecule has 0 spiro atoms. The summed E-state index contributed by atoms with van der Waals surface area (Å²) in [6.07, 6.45) is 7.92. The van der Waals surface area contributed by atoms with Gasteiger partial charge in [-0.25, -0.2) is 0 Å². The van der Waals surface area contributed by atoms with Crippen molar-refractivity contribution < 1.29 is 4.79 Å². The van der Waals surface area contributed by atoms with E-state index < -0.39 is 0 Å². The minimum absolute atomic E-state index is 0.114. The van der Waals surface area contributed by atoms with Crippen LogP contribution in [0.2, 0.25) is 0 Å². The molecule has 1 N–H and O–H groups in total. The fourth-order valence-electron chi connectivity index (χ4n) is 1.96. The maximum absolute atomic E-state index is 11.5. The Labute approximate surface area is 121 Å². The lowest BCUT2D eigenvalue weighted by Gasteiger charge is -2.09. The summed E-state index contributed by atoms with van der Waals surface area (Å²) in [5.74, 6) is 1.21. The van der Waals surface area contributed by atoms with Gasteiger partial charge in [-0.2, -0.15) is 0 Å². The molecule has 2 nitrogen and oxygen atoms in total. The maximum Gasteiger partial charge on any atom is 0.161 e. The number of carbonyl (C=O) groups excluding carboxylic acids is 1. The van der Waals surface area contributed by atoms with Crippen molar-refractivity contribution >= 4 is 23.4 Å². The number of anilines is 1. The Kier molecular flexibility index (Phi) is 8.39. The van der Waals surface area contributed by atoms with Crippen molar-refractivity contribution in [2.24, 2.45) is 0 Å². The maximum atomic E-state index is 11.5. The van der Waals surface area contributed by atoms with E-state index in [0.29, 0.717) is 0 Å². The summed E-state index contributed by atoms with van der Waals surface area (Å²) in [5.41, 5.74) is 1.71. The molecule has 0 amide bonds. The molecule has 1 rings (SSSR count). The smallest absolute Gasteiger partial charge is 0.161 e. The largest absolute Gasteiger partial charge is 0.329 e.